The van der Waals surface area contributed by atoms with Crippen molar-refractivity contribution in [2.24, 2.45) is 5.73 Å². The molecule has 1 aromatic carbocycles. The van der Waals surface area contributed by atoms with E-state index in [0.717, 1.165) is 17.7 Å². The van der Waals surface area contributed by atoms with Gasteiger partial charge in [0.1, 0.15) is 11.8 Å². The first kappa shape index (κ1) is 25.6. The molecule has 0 aromatic heterocycles. The molecule has 4 N–H and O–H groups in total. The molecule has 4 aliphatic rings. The highest BCUT2D eigenvalue weighted by Gasteiger charge is 2.72. The van der Waals surface area contributed by atoms with Gasteiger partial charge in [-0.15, -0.1) is 24.8 Å². The van der Waals surface area contributed by atoms with Crippen LogP contribution in [-0.2, 0) is 26.2 Å². The maximum absolute atomic E-state index is 12.4. The third-order valence-electron chi connectivity index (χ3n) is 7.49. The third-order valence-corrected chi connectivity index (χ3v) is 7.49. The van der Waals surface area contributed by atoms with Crippen molar-refractivity contribution >= 4 is 36.8 Å². The molecule has 9 nitrogen and oxygen atoms in total. The number of carboxylic acids is 1. The van der Waals surface area contributed by atoms with E-state index in [-0.39, 0.29) is 30.9 Å². The number of nitrogens with zero attached hydrogens (tertiary/aromatic N) is 1. The molecule has 182 valence electrons. The number of benzene rings is 1. The standard InChI is InChI=1S/C22H26N2O7.2ClH/c1-24-8-7-21-17-11-3-4-13(29-2)18(17)31-19(21)14(5-6-22(21,28)15(24)9-11)30-16(25)10-12(23)20(26)27;;/h3-5,12,15,19,28H,6-10,23H2,1-2H3,(H,26,27);2*1H/t12-,15+,19-,21-,22+;;/m0../s1. The molecule has 0 amide bonds. The lowest BCUT2D eigenvalue weighted by Gasteiger charge is -2.61. The van der Waals surface area contributed by atoms with Crippen molar-refractivity contribution in [2.75, 3.05) is 20.7 Å². The van der Waals surface area contributed by atoms with E-state index in [1.165, 1.54) is 0 Å². The number of aliphatic hydroxyl groups is 1. The Morgan fingerprint density at radius 1 is 1.36 bits per heavy atom. The van der Waals surface area contributed by atoms with Crippen LogP contribution in [0.3, 0.4) is 0 Å². The second kappa shape index (κ2) is 8.63. The van der Waals surface area contributed by atoms with E-state index in [1.807, 2.05) is 19.2 Å². The molecule has 1 aromatic rings. The minimum absolute atomic E-state index is 0. The molecule has 2 aliphatic heterocycles. The van der Waals surface area contributed by atoms with Gasteiger partial charge in [-0.1, -0.05) is 6.07 Å². The number of carboxylic acid groups (broad SMARTS) is 1. The van der Waals surface area contributed by atoms with E-state index in [9.17, 15) is 14.7 Å². The van der Waals surface area contributed by atoms with Crippen molar-refractivity contribution in [1.82, 2.24) is 4.90 Å². The minimum atomic E-state index is -1.34. The number of rotatable bonds is 5. The zero-order valence-corrected chi connectivity index (χ0v) is 19.9. The van der Waals surface area contributed by atoms with Gasteiger partial charge < -0.3 is 35.1 Å². The van der Waals surface area contributed by atoms with Crippen LogP contribution in [0.4, 0.5) is 0 Å². The zero-order chi connectivity index (χ0) is 22.1. The molecule has 5 rings (SSSR count). The smallest absolute Gasteiger partial charge is 0.321 e. The monoisotopic (exact) mass is 502 g/mol. The number of ether oxygens (including phenoxy) is 3. The molecule has 0 radical (unpaired) electrons. The van der Waals surface area contributed by atoms with Gasteiger partial charge in [0, 0.05) is 18.0 Å². The molecule has 2 aliphatic carbocycles. The topological polar surface area (TPSA) is 132 Å². The molecule has 0 unspecified atom stereocenters. The summed E-state index contributed by atoms with van der Waals surface area (Å²) in [5.41, 5.74) is 5.65. The van der Waals surface area contributed by atoms with Crippen molar-refractivity contribution in [2.45, 2.75) is 54.9 Å². The molecule has 2 heterocycles. The van der Waals surface area contributed by atoms with E-state index >= 15 is 0 Å². The Labute approximate surface area is 203 Å². The Morgan fingerprint density at radius 2 is 2.09 bits per heavy atom. The second-order valence-electron chi connectivity index (χ2n) is 8.91. The minimum Gasteiger partial charge on any atom is -0.493 e. The third kappa shape index (κ3) is 3.32. The van der Waals surface area contributed by atoms with Gasteiger partial charge in [-0.05, 0) is 44.1 Å². The fourth-order valence-electron chi connectivity index (χ4n) is 6.03. The normalized spacial score (nSPS) is 31.6. The van der Waals surface area contributed by atoms with Crippen LogP contribution in [0, 0.1) is 0 Å². The summed E-state index contributed by atoms with van der Waals surface area (Å²) in [6, 6.07) is 2.44. The largest absolute Gasteiger partial charge is 0.493 e. The Bertz CT molecular complexity index is 1020. The summed E-state index contributed by atoms with van der Waals surface area (Å²) in [7, 11) is 3.58. The molecular weight excluding hydrogens is 475 g/mol. The molecule has 1 saturated heterocycles. The number of hydrogen-bond donors (Lipinski definition) is 3. The number of esters is 1. The number of piperidine rings is 1. The molecule has 11 heteroatoms. The predicted octanol–water partition coefficient (Wildman–Crippen LogP) is 1.16. The van der Waals surface area contributed by atoms with Gasteiger partial charge in [-0.2, -0.15) is 0 Å². The van der Waals surface area contributed by atoms with Gasteiger partial charge in [0.2, 0.25) is 0 Å². The fraction of sp³-hybridized carbons (Fsp3) is 0.545. The number of carbonyl (C=O) groups excluding carboxylic acids is 1. The molecule has 2 bridgehead atoms. The van der Waals surface area contributed by atoms with Gasteiger partial charge in [0.05, 0.1) is 24.5 Å². The summed E-state index contributed by atoms with van der Waals surface area (Å²) < 4.78 is 17.5. The van der Waals surface area contributed by atoms with Crippen LogP contribution in [0.25, 0.3) is 0 Å². The molecule has 5 atom stereocenters. The number of likely N-dealkylation sites (N-methyl/N-ethyl adjacent to an activating group) is 1. The summed E-state index contributed by atoms with van der Waals surface area (Å²) in [6.07, 6.45) is 2.14. The number of aliphatic carboxylic acids is 1. The molecule has 0 saturated carbocycles. The summed E-state index contributed by atoms with van der Waals surface area (Å²) in [5.74, 6) is -0.568. The van der Waals surface area contributed by atoms with E-state index < -0.39 is 41.5 Å². The Hall–Kier alpha value is -2.04. The van der Waals surface area contributed by atoms with Crippen molar-refractivity contribution in [3.63, 3.8) is 0 Å². The molecular formula is C22H28Cl2N2O7. The summed E-state index contributed by atoms with van der Waals surface area (Å²) in [4.78, 5) is 25.6. The van der Waals surface area contributed by atoms with Crippen LogP contribution in [0.2, 0.25) is 0 Å². The van der Waals surface area contributed by atoms with E-state index in [0.29, 0.717) is 36.5 Å². The number of nitrogens with two attached hydrogens (primary N) is 1. The predicted molar refractivity (Wildman–Crippen MR) is 122 cm³/mol. The highest BCUT2D eigenvalue weighted by atomic mass is 35.5. The average molecular weight is 503 g/mol. The van der Waals surface area contributed by atoms with Gasteiger partial charge >= 0.3 is 11.9 Å². The number of methoxy groups -OCH3 is 1. The molecule has 33 heavy (non-hydrogen) atoms. The van der Waals surface area contributed by atoms with Crippen LogP contribution >= 0.6 is 24.8 Å². The summed E-state index contributed by atoms with van der Waals surface area (Å²) >= 11 is 0. The van der Waals surface area contributed by atoms with Gasteiger partial charge in [0.15, 0.2) is 17.6 Å². The zero-order valence-electron chi connectivity index (χ0n) is 18.3. The van der Waals surface area contributed by atoms with E-state index in [1.54, 1.807) is 13.2 Å². The van der Waals surface area contributed by atoms with E-state index in [4.69, 9.17) is 25.1 Å². The number of hydrogen-bond acceptors (Lipinski definition) is 8. The van der Waals surface area contributed by atoms with Crippen LogP contribution < -0.4 is 15.2 Å². The lowest BCUT2D eigenvalue weighted by atomic mass is 9.50. The first-order valence-corrected chi connectivity index (χ1v) is 10.4. The summed E-state index contributed by atoms with van der Waals surface area (Å²) in [5, 5.41) is 21.1. The van der Waals surface area contributed by atoms with E-state index in [2.05, 4.69) is 4.90 Å². The van der Waals surface area contributed by atoms with Gasteiger partial charge in [-0.25, -0.2) is 0 Å². The van der Waals surface area contributed by atoms with Crippen LogP contribution in [0.1, 0.15) is 30.4 Å². The van der Waals surface area contributed by atoms with Crippen molar-refractivity contribution < 1.29 is 34.0 Å². The lowest BCUT2D eigenvalue weighted by molar-refractivity contribution is -0.169. The van der Waals surface area contributed by atoms with Gasteiger partial charge in [0.25, 0.3) is 0 Å². The fourth-order valence-corrected chi connectivity index (χ4v) is 6.03. The van der Waals surface area contributed by atoms with Crippen molar-refractivity contribution in [3.05, 3.63) is 35.1 Å². The SMILES string of the molecule is COc1ccc2c3c1O[C@H]1C(OC(=O)C[C@H](N)C(=O)O)=CC[C@@]4(O)[C@@H](C2)N(C)CC[C@]314.Cl.Cl. The van der Waals surface area contributed by atoms with Gasteiger partial charge in [-0.3, -0.25) is 9.59 Å². The number of halogens is 2. The highest BCUT2D eigenvalue weighted by Crippen LogP contribution is 2.65. The Balaban J connectivity index is 0.00000153. The quantitative estimate of drug-likeness (QED) is 0.507. The summed E-state index contributed by atoms with van der Waals surface area (Å²) in [6.45, 7) is 0.758. The Kier molecular flexibility index (Phi) is 6.69. The Morgan fingerprint density at radius 3 is 2.76 bits per heavy atom. The second-order valence-corrected chi connectivity index (χ2v) is 8.91. The molecule has 1 spiro atoms. The van der Waals surface area contributed by atoms with Crippen molar-refractivity contribution in [3.8, 4) is 11.5 Å². The van der Waals surface area contributed by atoms with Crippen molar-refractivity contribution in [1.29, 1.82) is 0 Å². The highest BCUT2D eigenvalue weighted by molar-refractivity contribution is 5.85. The van der Waals surface area contributed by atoms with Crippen LogP contribution in [0.5, 0.6) is 11.5 Å². The van der Waals surface area contributed by atoms with Crippen LogP contribution in [-0.4, -0.2) is 71.5 Å². The first-order chi connectivity index (χ1) is 14.7. The first-order valence-electron chi connectivity index (χ1n) is 10.4. The van der Waals surface area contributed by atoms with Crippen LogP contribution in [0.15, 0.2) is 24.0 Å². The maximum atomic E-state index is 12.4. The average Bonchev–Trinajstić information content (AvgIpc) is 3.08. The number of likely N-dealkylation sites (tertiary alicyclic amines) is 1. The lowest BCUT2D eigenvalue weighted by Crippen LogP contribution is -2.74. The molecule has 1 fully saturated rings. The maximum Gasteiger partial charge on any atom is 0.321 e. The number of carbonyl (C=O) groups is 2.